The van der Waals surface area contributed by atoms with E-state index in [1.54, 1.807) is 0 Å². The second kappa shape index (κ2) is 59.3. The lowest BCUT2D eigenvalue weighted by Crippen LogP contribution is -2.37. The highest BCUT2D eigenvalue weighted by Gasteiger charge is 2.22. The van der Waals surface area contributed by atoms with Gasteiger partial charge in [-0.25, -0.2) is 0 Å². The third-order valence-corrected chi connectivity index (χ3v) is 15.5. The number of carbonyl (C=O) groups is 2. The van der Waals surface area contributed by atoms with Crippen molar-refractivity contribution in [3.63, 3.8) is 0 Å². The summed E-state index contributed by atoms with van der Waals surface area (Å²) in [7, 11) is 1.16. The van der Waals surface area contributed by atoms with Gasteiger partial charge in [-0.15, -0.1) is 0 Å². The Morgan fingerprint density at radius 2 is 0.731 bits per heavy atom. The molecule has 0 aromatic rings. The van der Waals surface area contributed by atoms with E-state index in [2.05, 4.69) is 74.6 Å². The van der Waals surface area contributed by atoms with Crippen LogP contribution in [0.4, 0.5) is 0 Å². The average Bonchev–Trinajstić information content (AvgIpc) is 3.40. The molecule has 0 saturated carbocycles. The predicted molar refractivity (Wildman–Crippen MR) is 333 cm³/mol. The predicted octanol–water partition coefficient (Wildman–Crippen LogP) is 20.4. The van der Waals surface area contributed by atoms with Gasteiger partial charge in [0.15, 0.2) is 6.10 Å². The van der Waals surface area contributed by atoms with Crippen LogP contribution in [0.25, 0.3) is 0 Å². The number of quaternary nitrogens is 1. The molecule has 0 N–H and O–H groups in total. The van der Waals surface area contributed by atoms with Crippen molar-refractivity contribution in [2.24, 2.45) is 0 Å². The first-order valence-electron chi connectivity index (χ1n) is 33.0. The Kier molecular flexibility index (Phi) is 57.6. The van der Waals surface area contributed by atoms with Gasteiger partial charge in [0, 0.05) is 12.8 Å². The number of phosphoric acid groups is 1. The zero-order chi connectivity index (χ0) is 57.0. The molecule has 0 aromatic carbocycles. The highest BCUT2D eigenvalue weighted by Crippen LogP contribution is 2.38. The molecule has 0 rings (SSSR count). The van der Waals surface area contributed by atoms with E-state index >= 15 is 0 Å². The average molecular weight is 1120 g/mol. The number of ether oxygens (including phenoxy) is 2. The highest BCUT2D eigenvalue weighted by atomic mass is 31.2. The summed E-state index contributed by atoms with van der Waals surface area (Å²) in [5.74, 6) is -0.835. The van der Waals surface area contributed by atoms with E-state index in [4.69, 9.17) is 18.5 Å². The Morgan fingerprint density at radius 1 is 0.410 bits per heavy atom. The van der Waals surface area contributed by atoms with Crippen molar-refractivity contribution in [1.82, 2.24) is 0 Å². The Balaban J connectivity index is 4.04. The monoisotopic (exact) mass is 1120 g/mol. The number of hydrogen-bond acceptors (Lipinski definition) is 8. The second-order valence-electron chi connectivity index (χ2n) is 23.5. The molecule has 0 aliphatic rings. The van der Waals surface area contributed by atoms with Crippen molar-refractivity contribution >= 4 is 19.8 Å². The molecule has 456 valence electrons. The van der Waals surface area contributed by atoms with Crippen molar-refractivity contribution < 1.29 is 42.1 Å². The van der Waals surface area contributed by atoms with Crippen molar-refractivity contribution in [3.8, 4) is 0 Å². The van der Waals surface area contributed by atoms with Crippen LogP contribution in [0.1, 0.15) is 309 Å². The van der Waals surface area contributed by atoms with Gasteiger partial charge < -0.3 is 27.9 Å². The Morgan fingerprint density at radius 3 is 1.09 bits per heavy atom. The van der Waals surface area contributed by atoms with E-state index in [-0.39, 0.29) is 32.0 Å². The maximum atomic E-state index is 12.8. The number of unbranched alkanes of at least 4 members (excludes halogenated alkanes) is 37. The molecule has 9 nitrogen and oxygen atoms in total. The van der Waals surface area contributed by atoms with Crippen LogP contribution < -0.4 is 4.89 Å². The van der Waals surface area contributed by atoms with Gasteiger partial charge in [-0.1, -0.05) is 299 Å². The van der Waals surface area contributed by atoms with Gasteiger partial charge in [-0.3, -0.25) is 14.2 Å². The van der Waals surface area contributed by atoms with Crippen molar-refractivity contribution in [2.75, 3.05) is 47.5 Å². The summed E-state index contributed by atoms with van der Waals surface area (Å²) in [6.45, 7) is 4.16. The van der Waals surface area contributed by atoms with E-state index in [0.717, 1.165) is 77.0 Å². The molecular formula is C68H126NO8P. The minimum atomic E-state index is -4.64. The lowest BCUT2D eigenvalue weighted by atomic mass is 10.0. The van der Waals surface area contributed by atoms with E-state index in [9.17, 15) is 19.0 Å². The molecule has 0 saturated heterocycles. The van der Waals surface area contributed by atoms with Crippen molar-refractivity contribution in [3.05, 3.63) is 60.8 Å². The summed E-state index contributed by atoms with van der Waals surface area (Å²) in [5, 5.41) is 0. The fraction of sp³-hybridized carbons (Fsp3) is 0.824. The van der Waals surface area contributed by atoms with Crippen LogP contribution in [-0.2, 0) is 32.7 Å². The van der Waals surface area contributed by atoms with Gasteiger partial charge >= 0.3 is 11.9 Å². The molecule has 78 heavy (non-hydrogen) atoms. The largest absolute Gasteiger partial charge is 0.756 e. The van der Waals surface area contributed by atoms with E-state index in [1.165, 1.54) is 199 Å². The zero-order valence-corrected chi connectivity index (χ0v) is 52.8. The van der Waals surface area contributed by atoms with Crippen LogP contribution in [0.2, 0.25) is 0 Å². The lowest BCUT2D eigenvalue weighted by molar-refractivity contribution is -0.870. The summed E-state index contributed by atoms with van der Waals surface area (Å²) in [5.41, 5.74) is 0. The number of esters is 2. The van der Waals surface area contributed by atoms with E-state index in [0.29, 0.717) is 17.4 Å². The second-order valence-corrected chi connectivity index (χ2v) is 24.9. The van der Waals surface area contributed by atoms with Gasteiger partial charge in [0.05, 0.1) is 27.7 Å². The number of carbonyl (C=O) groups excluding carboxylic acids is 2. The molecule has 2 unspecified atom stereocenters. The van der Waals surface area contributed by atoms with Crippen LogP contribution in [0, 0.1) is 0 Å². The quantitative estimate of drug-likeness (QED) is 0.0195. The third-order valence-electron chi connectivity index (χ3n) is 14.6. The molecule has 0 aliphatic carbocycles. The number of allylic oxidation sites excluding steroid dienone is 10. The number of hydrogen-bond donors (Lipinski definition) is 0. The SMILES string of the molecule is CC/C=C\C/C=C\C/C=C\C/C=C\C/C=C\CCCCCCCCCC(=O)OC(COC(=O)CCCCCCCCCCCCCCCCCCCCCCCCCCCCCCCCC)COP(=O)([O-])OCC[N+](C)(C)C. The van der Waals surface area contributed by atoms with E-state index < -0.39 is 26.5 Å². The standard InChI is InChI=1S/C68H126NO8P/c1-6-8-10-12-14-16-18-20-22-24-26-28-30-31-32-33-34-35-36-37-39-40-42-44-46-48-50-52-54-56-58-60-67(70)74-64-66(65-76-78(72,73)75-63-62-69(3,4)5)77-68(71)61-59-57-55-53-51-49-47-45-43-41-38-29-27-25-23-21-19-17-15-13-11-9-7-2/h9,11,15,17,21,23,27,29,41,43,66H,6-8,10,12-14,16,18-20,22,24-26,28,30-40,42,44-65H2,1-5H3/b11-9-,17-15-,23-21-,29-27-,43-41-. The molecule has 0 fully saturated rings. The van der Waals surface area contributed by atoms with Crippen LogP contribution in [0.15, 0.2) is 60.8 Å². The number of likely N-dealkylation sites (N-methyl/N-ethyl adjacent to an activating group) is 1. The summed E-state index contributed by atoms with van der Waals surface area (Å²) in [6, 6.07) is 0. The van der Waals surface area contributed by atoms with Gasteiger partial charge in [0.2, 0.25) is 0 Å². The topological polar surface area (TPSA) is 111 Å². The Labute approximate surface area is 483 Å². The first-order chi connectivity index (χ1) is 38.0. The fourth-order valence-electron chi connectivity index (χ4n) is 9.51. The normalized spacial score (nSPS) is 13.6. The van der Waals surface area contributed by atoms with Crippen LogP contribution >= 0.6 is 7.82 Å². The Hall–Kier alpha value is -2.29. The molecule has 0 spiro atoms. The highest BCUT2D eigenvalue weighted by molar-refractivity contribution is 7.45. The summed E-state index contributed by atoms with van der Waals surface area (Å²) >= 11 is 0. The van der Waals surface area contributed by atoms with Crippen LogP contribution in [-0.4, -0.2) is 70.0 Å². The molecule has 0 radical (unpaired) electrons. The summed E-state index contributed by atoms with van der Waals surface area (Å²) < 4.78 is 34.2. The van der Waals surface area contributed by atoms with Crippen molar-refractivity contribution in [2.45, 2.75) is 315 Å². The molecule has 2 atom stereocenters. The van der Waals surface area contributed by atoms with E-state index in [1.807, 2.05) is 21.1 Å². The minimum Gasteiger partial charge on any atom is -0.756 e. The van der Waals surface area contributed by atoms with Gasteiger partial charge in [-0.2, -0.15) is 0 Å². The first kappa shape index (κ1) is 75.7. The Bertz CT molecular complexity index is 1500. The zero-order valence-electron chi connectivity index (χ0n) is 51.9. The summed E-state index contributed by atoms with van der Waals surface area (Å²) in [6.07, 6.45) is 77.3. The lowest BCUT2D eigenvalue weighted by Gasteiger charge is -2.28. The van der Waals surface area contributed by atoms with Crippen LogP contribution in [0.3, 0.4) is 0 Å². The van der Waals surface area contributed by atoms with Crippen LogP contribution in [0.5, 0.6) is 0 Å². The maximum Gasteiger partial charge on any atom is 0.306 e. The molecule has 0 aliphatic heterocycles. The number of phosphoric ester groups is 1. The van der Waals surface area contributed by atoms with Gasteiger partial charge in [-0.05, 0) is 57.8 Å². The fourth-order valence-corrected chi connectivity index (χ4v) is 10.2. The maximum absolute atomic E-state index is 12.8. The molecule has 0 heterocycles. The number of rotatable bonds is 61. The van der Waals surface area contributed by atoms with Crippen molar-refractivity contribution in [1.29, 1.82) is 0 Å². The summed E-state index contributed by atoms with van der Waals surface area (Å²) in [4.78, 5) is 38.0. The number of nitrogens with zero attached hydrogens (tertiary/aromatic N) is 1. The third kappa shape index (κ3) is 62.9. The van der Waals surface area contributed by atoms with Gasteiger partial charge in [0.1, 0.15) is 19.8 Å². The molecular weight excluding hydrogens is 990 g/mol. The first-order valence-corrected chi connectivity index (χ1v) is 34.5. The molecule has 0 aromatic heterocycles. The molecule has 0 bridgehead atoms. The molecule has 0 amide bonds. The smallest absolute Gasteiger partial charge is 0.306 e. The molecule has 10 heteroatoms. The van der Waals surface area contributed by atoms with Gasteiger partial charge in [0.25, 0.3) is 7.82 Å². The minimum absolute atomic E-state index is 0.0340.